The van der Waals surface area contributed by atoms with Crippen molar-refractivity contribution in [3.63, 3.8) is 0 Å². The van der Waals surface area contributed by atoms with E-state index in [-0.39, 0.29) is 0 Å². The van der Waals surface area contributed by atoms with Gasteiger partial charge in [-0.25, -0.2) is 0 Å². The van der Waals surface area contributed by atoms with E-state index in [4.69, 9.17) is 23.2 Å². The van der Waals surface area contributed by atoms with Gasteiger partial charge in [0, 0.05) is 36.2 Å². The lowest BCUT2D eigenvalue weighted by Crippen LogP contribution is -2.31. The lowest BCUT2D eigenvalue weighted by Gasteiger charge is -2.15. The van der Waals surface area contributed by atoms with Gasteiger partial charge < -0.3 is 10.2 Å². The summed E-state index contributed by atoms with van der Waals surface area (Å²) in [6.07, 6.45) is 2.72. The highest BCUT2D eigenvalue weighted by Crippen LogP contribution is 2.24. The summed E-state index contributed by atoms with van der Waals surface area (Å²) in [5, 5.41) is 3.89. The van der Waals surface area contributed by atoms with Crippen LogP contribution >= 0.6 is 23.2 Å². The molecule has 1 aliphatic carbocycles. The second-order valence-electron chi connectivity index (χ2n) is 3.44. The predicted molar refractivity (Wildman–Crippen MR) is 58.3 cm³/mol. The number of nitrogens with one attached hydrogen (secondary N) is 1. The Labute approximate surface area is 89.9 Å². The molecule has 0 saturated heterocycles. The Balaban J connectivity index is 1.94. The molecule has 1 saturated carbocycles. The smallest absolute Gasteiger partial charge is 0.0431 e. The number of hydrogen-bond acceptors (Lipinski definition) is 2. The van der Waals surface area contributed by atoms with E-state index in [1.54, 1.807) is 0 Å². The first-order valence-corrected chi connectivity index (χ1v) is 5.41. The van der Waals surface area contributed by atoms with E-state index in [1.165, 1.54) is 18.4 Å². The summed E-state index contributed by atoms with van der Waals surface area (Å²) in [7, 11) is 2.17. The van der Waals surface area contributed by atoms with Crippen molar-refractivity contribution in [1.82, 2.24) is 10.2 Å². The van der Waals surface area contributed by atoms with E-state index >= 15 is 0 Å². The van der Waals surface area contributed by atoms with Gasteiger partial charge in [0.05, 0.1) is 0 Å². The molecule has 0 aromatic rings. The molecule has 0 aromatic carbocycles. The Bertz CT molecular complexity index is 178. The minimum absolute atomic E-state index is 0.663. The van der Waals surface area contributed by atoms with E-state index in [2.05, 4.69) is 17.3 Å². The van der Waals surface area contributed by atoms with Crippen molar-refractivity contribution in [1.29, 1.82) is 0 Å². The van der Waals surface area contributed by atoms with Crippen LogP contribution in [0.15, 0.2) is 10.6 Å². The van der Waals surface area contributed by atoms with Gasteiger partial charge >= 0.3 is 0 Å². The van der Waals surface area contributed by atoms with Crippen LogP contribution in [-0.4, -0.2) is 37.6 Å². The molecule has 0 atom stereocenters. The summed E-state index contributed by atoms with van der Waals surface area (Å²) in [5.74, 6) is 0. The second-order valence-corrected chi connectivity index (χ2v) is 4.15. The maximum Gasteiger partial charge on any atom is 0.0431 e. The average Bonchev–Trinajstić information content (AvgIpc) is 2.94. The van der Waals surface area contributed by atoms with Crippen LogP contribution in [-0.2, 0) is 0 Å². The Morgan fingerprint density at radius 3 is 2.85 bits per heavy atom. The van der Waals surface area contributed by atoms with Crippen molar-refractivity contribution in [2.45, 2.75) is 18.9 Å². The SMILES string of the molecule is CN(CCNCC(Cl)=CCl)C1CC1. The summed E-state index contributed by atoms with van der Waals surface area (Å²) in [6.45, 7) is 2.72. The van der Waals surface area contributed by atoms with E-state index in [9.17, 15) is 0 Å². The largest absolute Gasteiger partial charge is 0.310 e. The fourth-order valence-electron chi connectivity index (χ4n) is 1.20. The van der Waals surface area contributed by atoms with Crippen molar-refractivity contribution >= 4 is 23.2 Å². The molecule has 0 aliphatic heterocycles. The van der Waals surface area contributed by atoms with Gasteiger partial charge in [-0.3, -0.25) is 0 Å². The number of likely N-dealkylation sites (N-methyl/N-ethyl adjacent to an activating group) is 1. The van der Waals surface area contributed by atoms with E-state index in [1.807, 2.05) is 0 Å². The molecule has 4 heteroatoms. The predicted octanol–water partition coefficient (Wildman–Crippen LogP) is 1.99. The highest BCUT2D eigenvalue weighted by Gasteiger charge is 2.25. The molecule has 0 bridgehead atoms. The molecular weight excluding hydrogens is 207 g/mol. The van der Waals surface area contributed by atoms with Crippen LogP contribution in [0, 0.1) is 0 Å². The number of nitrogens with zero attached hydrogens (tertiary/aromatic N) is 1. The molecule has 76 valence electrons. The zero-order chi connectivity index (χ0) is 9.68. The van der Waals surface area contributed by atoms with Gasteiger partial charge in [-0.2, -0.15) is 0 Å². The quantitative estimate of drug-likeness (QED) is 0.693. The van der Waals surface area contributed by atoms with Gasteiger partial charge in [-0.05, 0) is 19.9 Å². The minimum atomic E-state index is 0.663. The second kappa shape index (κ2) is 5.86. The summed E-state index contributed by atoms with van der Waals surface area (Å²) >= 11 is 11.1. The number of hydrogen-bond donors (Lipinski definition) is 1. The summed E-state index contributed by atoms with van der Waals surface area (Å²) in [6, 6.07) is 0.834. The molecule has 13 heavy (non-hydrogen) atoms. The molecule has 0 spiro atoms. The van der Waals surface area contributed by atoms with Gasteiger partial charge in [0.15, 0.2) is 0 Å². The van der Waals surface area contributed by atoms with Gasteiger partial charge in [0.1, 0.15) is 0 Å². The van der Waals surface area contributed by atoms with E-state index in [0.29, 0.717) is 11.6 Å². The van der Waals surface area contributed by atoms with Gasteiger partial charge in [-0.1, -0.05) is 23.2 Å². The lowest BCUT2D eigenvalue weighted by atomic mass is 10.5. The Morgan fingerprint density at radius 2 is 2.31 bits per heavy atom. The highest BCUT2D eigenvalue weighted by atomic mass is 35.5. The molecule has 2 nitrogen and oxygen atoms in total. The van der Waals surface area contributed by atoms with Crippen molar-refractivity contribution in [3.8, 4) is 0 Å². The molecule has 0 unspecified atom stereocenters. The monoisotopic (exact) mass is 222 g/mol. The van der Waals surface area contributed by atoms with Crippen molar-refractivity contribution < 1.29 is 0 Å². The Kier molecular flexibility index (Phi) is 5.10. The maximum absolute atomic E-state index is 5.71. The van der Waals surface area contributed by atoms with Crippen LogP contribution in [0.2, 0.25) is 0 Å². The average molecular weight is 223 g/mol. The van der Waals surface area contributed by atoms with Crippen LogP contribution in [0.3, 0.4) is 0 Å². The van der Waals surface area contributed by atoms with Crippen LogP contribution in [0.4, 0.5) is 0 Å². The first-order valence-electron chi connectivity index (χ1n) is 4.59. The van der Waals surface area contributed by atoms with E-state index in [0.717, 1.165) is 19.1 Å². The fraction of sp³-hybridized carbons (Fsp3) is 0.778. The molecule has 0 heterocycles. The summed E-state index contributed by atoms with van der Waals surface area (Å²) < 4.78 is 0. The van der Waals surface area contributed by atoms with E-state index < -0.39 is 0 Å². The number of rotatable bonds is 6. The summed E-state index contributed by atoms with van der Waals surface area (Å²) in [5.41, 5.74) is 1.40. The zero-order valence-corrected chi connectivity index (χ0v) is 9.41. The third-order valence-electron chi connectivity index (χ3n) is 2.22. The Morgan fingerprint density at radius 1 is 1.62 bits per heavy atom. The van der Waals surface area contributed by atoms with Crippen LogP contribution in [0.5, 0.6) is 0 Å². The third kappa shape index (κ3) is 4.87. The normalized spacial score (nSPS) is 18.3. The van der Waals surface area contributed by atoms with Crippen LogP contribution in [0.1, 0.15) is 12.8 Å². The van der Waals surface area contributed by atoms with Gasteiger partial charge in [-0.15, -0.1) is 0 Å². The third-order valence-corrected chi connectivity index (χ3v) is 2.84. The molecule has 1 N–H and O–H groups in total. The zero-order valence-electron chi connectivity index (χ0n) is 7.89. The first-order chi connectivity index (χ1) is 6.24. The Hall–Kier alpha value is 0.240. The molecule has 0 aromatic heterocycles. The fourth-order valence-corrected chi connectivity index (χ4v) is 1.37. The minimum Gasteiger partial charge on any atom is -0.310 e. The molecule has 0 amide bonds. The first kappa shape index (κ1) is 11.3. The molecule has 0 radical (unpaired) electrons. The standard InChI is InChI=1S/C9H16Cl2N2/c1-13(9-2-3-9)5-4-12-7-8(11)6-10/h6,9,12H,2-5,7H2,1H3. The van der Waals surface area contributed by atoms with Crippen LogP contribution < -0.4 is 5.32 Å². The summed E-state index contributed by atoms with van der Waals surface area (Å²) in [4.78, 5) is 2.38. The van der Waals surface area contributed by atoms with Gasteiger partial charge in [0.2, 0.25) is 0 Å². The molecule has 1 fully saturated rings. The van der Waals surface area contributed by atoms with Crippen LogP contribution in [0.25, 0.3) is 0 Å². The van der Waals surface area contributed by atoms with Crippen molar-refractivity contribution in [3.05, 3.63) is 10.6 Å². The highest BCUT2D eigenvalue weighted by molar-refractivity contribution is 6.36. The number of halogens is 2. The van der Waals surface area contributed by atoms with Crippen molar-refractivity contribution in [2.24, 2.45) is 0 Å². The lowest BCUT2D eigenvalue weighted by molar-refractivity contribution is 0.324. The van der Waals surface area contributed by atoms with Gasteiger partial charge in [0.25, 0.3) is 0 Å². The maximum atomic E-state index is 5.71. The topological polar surface area (TPSA) is 15.3 Å². The molecule has 1 rings (SSSR count). The molecule has 1 aliphatic rings. The molecular formula is C9H16Cl2N2. The van der Waals surface area contributed by atoms with Crippen molar-refractivity contribution in [2.75, 3.05) is 26.7 Å².